The molecule has 0 atom stereocenters. The normalized spacial score (nSPS) is 14.3. The molecule has 1 aromatic heterocycles. The minimum absolute atomic E-state index is 0.168. The van der Waals surface area contributed by atoms with Crippen molar-refractivity contribution in [1.82, 2.24) is 0 Å². The molecule has 1 aromatic carbocycles. The van der Waals surface area contributed by atoms with Crippen LogP contribution in [0.5, 0.6) is 5.75 Å². The molecular weight excluding hydrogens is 308 g/mol. The van der Waals surface area contributed by atoms with Gasteiger partial charge in [0.05, 0.1) is 6.10 Å². The van der Waals surface area contributed by atoms with Crippen molar-refractivity contribution >= 4 is 16.9 Å². The maximum absolute atomic E-state index is 12.2. The minimum Gasteiger partial charge on any atom is -0.482 e. The Bertz CT molecular complexity index is 803. The second-order valence-corrected chi connectivity index (χ2v) is 6.39. The van der Waals surface area contributed by atoms with E-state index in [1.165, 1.54) is 0 Å². The lowest BCUT2D eigenvalue weighted by Crippen LogP contribution is -2.18. The maximum Gasteiger partial charge on any atom is 0.344 e. The molecule has 0 unspecified atom stereocenters. The molecule has 1 aliphatic rings. The van der Waals surface area contributed by atoms with Gasteiger partial charge in [-0.2, -0.15) is 0 Å². The van der Waals surface area contributed by atoms with E-state index in [0.717, 1.165) is 48.6 Å². The van der Waals surface area contributed by atoms with E-state index in [4.69, 9.17) is 13.9 Å². The average Bonchev–Trinajstić information content (AvgIpc) is 2.78. The average molecular weight is 330 g/mol. The van der Waals surface area contributed by atoms with Crippen LogP contribution in [0.4, 0.5) is 0 Å². The van der Waals surface area contributed by atoms with E-state index in [9.17, 15) is 9.59 Å². The van der Waals surface area contributed by atoms with Crippen LogP contribution < -0.4 is 10.4 Å². The van der Waals surface area contributed by atoms with Crippen molar-refractivity contribution in [1.29, 1.82) is 0 Å². The van der Waals surface area contributed by atoms with Crippen LogP contribution in [0.15, 0.2) is 27.4 Å². The van der Waals surface area contributed by atoms with E-state index >= 15 is 0 Å². The maximum atomic E-state index is 12.2. The molecule has 0 bridgehead atoms. The highest BCUT2D eigenvalue weighted by Crippen LogP contribution is 2.28. The molecule has 0 radical (unpaired) electrons. The van der Waals surface area contributed by atoms with Crippen molar-refractivity contribution in [2.45, 2.75) is 52.1 Å². The third-order valence-electron chi connectivity index (χ3n) is 4.17. The van der Waals surface area contributed by atoms with Gasteiger partial charge in [0.1, 0.15) is 11.3 Å². The Morgan fingerprint density at radius 2 is 1.92 bits per heavy atom. The summed E-state index contributed by atoms with van der Waals surface area (Å²) >= 11 is 0. The molecule has 0 spiro atoms. The number of fused-ring (bicyclic) bond motifs is 3. The molecule has 5 heteroatoms. The van der Waals surface area contributed by atoms with Crippen molar-refractivity contribution in [3.8, 4) is 5.75 Å². The lowest BCUT2D eigenvalue weighted by Gasteiger charge is -2.11. The second-order valence-electron chi connectivity index (χ2n) is 6.39. The smallest absolute Gasteiger partial charge is 0.344 e. The zero-order valence-corrected chi connectivity index (χ0v) is 14.1. The zero-order valence-electron chi connectivity index (χ0n) is 14.1. The summed E-state index contributed by atoms with van der Waals surface area (Å²) in [4.78, 5) is 23.8. The number of hydrogen-bond acceptors (Lipinski definition) is 5. The van der Waals surface area contributed by atoms with E-state index in [-0.39, 0.29) is 18.3 Å². The summed E-state index contributed by atoms with van der Waals surface area (Å²) in [5, 5.41) is 0.962. The van der Waals surface area contributed by atoms with Crippen LogP contribution >= 0.6 is 0 Å². The Morgan fingerprint density at radius 1 is 1.17 bits per heavy atom. The molecule has 3 rings (SSSR count). The van der Waals surface area contributed by atoms with E-state index in [1.807, 2.05) is 6.07 Å². The Kier molecular flexibility index (Phi) is 4.88. The van der Waals surface area contributed by atoms with Gasteiger partial charge in [-0.25, -0.2) is 9.59 Å². The molecule has 1 heterocycles. The predicted molar refractivity (Wildman–Crippen MR) is 90.5 cm³/mol. The summed E-state index contributed by atoms with van der Waals surface area (Å²) in [5.74, 6) is 0.0633. The summed E-state index contributed by atoms with van der Waals surface area (Å²) in [6.45, 7) is 3.40. The van der Waals surface area contributed by atoms with Crippen molar-refractivity contribution < 1.29 is 18.7 Å². The van der Waals surface area contributed by atoms with Crippen molar-refractivity contribution in [2.75, 3.05) is 6.61 Å². The molecule has 0 aliphatic heterocycles. The van der Waals surface area contributed by atoms with Gasteiger partial charge in [-0.1, -0.05) is 6.42 Å². The molecule has 5 nitrogen and oxygen atoms in total. The topological polar surface area (TPSA) is 65.7 Å². The van der Waals surface area contributed by atoms with Crippen LogP contribution in [-0.2, 0) is 22.4 Å². The fourth-order valence-corrected chi connectivity index (χ4v) is 3.13. The van der Waals surface area contributed by atoms with Gasteiger partial charge >= 0.3 is 11.6 Å². The fourth-order valence-electron chi connectivity index (χ4n) is 3.13. The monoisotopic (exact) mass is 330 g/mol. The summed E-state index contributed by atoms with van der Waals surface area (Å²) in [6.07, 6.45) is 4.76. The quantitative estimate of drug-likeness (QED) is 0.488. The molecule has 1 aliphatic carbocycles. The number of aryl methyl sites for hydroxylation is 1. The SMILES string of the molecule is CC(C)OC(=O)COc1ccc2c3c(c(=O)oc2c1)CCCCC3. The Morgan fingerprint density at radius 3 is 2.67 bits per heavy atom. The van der Waals surface area contributed by atoms with Crippen LogP contribution in [0.25, 0.3) is 11.0 Å². The number of carbonyl (C=O) groups excluding carboxylic acids is 1. The van der Waals surface area contributed by atoms with E-state index in [2.05, 4.69) is 0 Å². The number of benzene rings is 1. The summed E-state index contributed by atoms with van der Waals surface area (Å²) in [6, 6.07) is 5.38. The lowest BCUT2D eigenvalue weighted by atomic mass is 10.0. The van der Waals surface area contributed by atoms with Crippen LogP contribution in [0, 0.1) is 0 Å². The molecule has 0 fully saturated rings. The van der Waals surface area contributed by atoms with Crippen LogP contribution in [0.3, 0.4) is 0 Å². The van der Waals surface area contributed by atoms with Gasteiger partial charge in [0.15, 0.2) is 6.61 Å². The zero-order chi connectivity index (χ0) is 17.1. The van der Waals surface area contributed by atoms with Crippen LogP contribution in [0.2, 0.25) is 0 Å². The highest BCUT2D eigenvalue weighted by atomic mass is 16.6. The van der Waals surface area contributed by atoms with Crippen LogP contribution in [-0.4, -0.2) is 18.7 Å². The lowest BCUT2D eigenvalue weighted by molar-refractivity contribution is -0.149. The molecular formula is C19H22O5. The number of ether oxygens (including phenoxy) is 2. The fraction of sp³-hybridized carbons (Fsp3) is 0.474. The molecule has 0 saturated heterocycles. The third-order valence-corrected chi connectivity index (χ3v) is 4.17. The van der Waals surface area contributed by atoms with E-state index < -0.39 is 5.97 Å². The van der Waals surface area contributed by atoms with Crippen molar-refractivity contribution in [3.05, 3.63) is 39.7 Å². The first-order valence-electron chi connectivity index (χ1n) is 8.45. The Labute approximate surface area is 140 Å². The largest absolute Gasteiger partial charge is 0.482 e. The van der Waals surface area contributed by atoms with Gasteiger partial charge in [-0.05, 0) is 57.2 Å². The second kappa shape index (κ2) is 7.07. The summed E-state index contributed by atoms with van der Waals surface area (Å²) in [7, 11) is 0. The van der Waals surface area contributed by atoms with Gasteiger partial charge in [-0.3, -0.25) is 0 Å². The minimum atomic E-state index is -0.423. The van der Waals surface area contributed by atoms with Gasteiger partial charge in [-0.15, -0.1) is 0 Å². The highest BCUT2D eigenvalue weighted by molar-refractivity contribution is 5.83. The summed E-state index contributed by atoms with van der Waals surface area (Å²) in [5.41, 5.74) is 2.17. The molecule has 0 amide bonds. The first-order valence-corrected chi connectivity index (χ1v) is 8.45. The van der Waals surface area contributed by atoms with Crippen molar-refractivity contribution in [3.63, 3.8) is 0 Å². The number of hydrogen-bond donors (Lipinski definition) is 0. The first-order chi connectivity index (χ1) is 11.5. The van der Waals surface area contributed by atoms with E-state index in [0.29, 0.717) is 11.3 Å². The molecule has 0 N–H and O–H groups in total. The molecule has 0 saturated carbocycles. The predicted octanol–water partition coefficient (Wildman–Crippen LogP) is 3.39. The standard InChI is InChI=1S/C19H22O5/c1-12(2)23-18(20)11-22-13-8-9-15-14-6-4-3-5-7-16(14)19(21)24-17(15)10-13/h8-10,12H,3-7,11H2,1-2H3. The number of carbonyl (C=O) groups is 1. The third kappa shape index (κ3) is 3.61. The van der Waals surface area contributed by atoms with Gasteiger partial charge in [0.2, 0.25) is 0 Å². The van der Waals surface area contributed by atoms with Gasteiger partial charge in [0, 0.05) is 17.0 Å². The van der Waals surface area contributed by atoms with Crippen LogP contribution in [0.1, 0.15) is 44.2 Å². The van der Waals surface area contributed by atoms with Crippen molar-refractivity contribution in [2.24, 2.45) is 0 Å². The highest BCUT2D eigenvalue weighted by Gasteiger charge is 2.17. The Balaban J connectivity index is 1.86. The van der Waals surface area contributed by atoms with Gasteiger partial charge in [0.25, 0.3) is 0 Å². The number of esters is 1. The Hall–Kier alpha value is -2.30. The molecule has 2 aromatic rings. The van der Waals surface area contributed by atoms with Gasteiger partial charge < -0.3 is 13.9 Å². The molecule has 24 heavy (non-hydrogen) atoms. The van der Waals surface area contributed by atoms with E-state index in [1.54, 1.807) is 26.0 Å². The number of rotatable bonds is 4. The molecule has 128 valence electrons. The summed E-state index contributed by atoms with van der Waals surface area (Å²) < 4.78 is 16.0. The first kappa shape index (κ1) is 16.6.